The van der Waals surface area contributed by atoms with E-state index in [4.69, 9.17) is 0 Å². The van der Waals surface area contributed by atoms with E-state index in [-0.39, 0.29) is 0 Å². The van der Waals surface area contributed by atoms with E-state index >= 15 is 0 Å². The Morgan fingerprint density at radius 3 is 2.93 bits per heavy atom. The Hall–Kier alpha value is -0.0800. The zero-order valence-electron chi connectivity index (χ0n) is 10.2. The third-order valence-corrected chi connectivity index (χ3v) is 4.18. The molecule has 0 saturated carbocycles. The van der Waals surface area contributed by atoms with Gasteiger partial charge in [-0.05, 0) is 64.7 Å². The number of likely N-dealkylation sites (tertiary alicyclic amines) is 1. The molecule has 2 heterocycles. The van der Waals surface area contributed by atoms with E-state index in [1.807, 2.05) is 0 Å². The first-order valence-electron chi connectivity index (χ1n) is 6.81. The summed E-state index contributed by atoms with van der Waals surface area (Å²) in [5.41, 5.74) is 0. The van der Waals surface area contributed by atoms with Crippen molar-refractivity contribution in [1.82, 2.24) is 10.2 Å². The van der Waals surface area contributed by atoms with Crippen LogP contribution in [0.25, 0.3) is 0 Å². The summed E-state index contributed by atoms with van der Waals surface area (Å²) >= 11 is 0. The van der Waals surface area contributed by atoms with Crippen LogP contribution in [0, 0.1) is 5.92 Å². The van der Waals surface area contributed by atoms with Gasteiger partial charge < -0.3 is 10.2 Å². The van der Waals surface area contributed by atoms with Gasteiger partial charge in [0.2, 0.25) is 0 Å². The summed E-state index contributed by atoms with van der Waals surface area (Å²) in [6.45, 7) is 7.62. The SMILES string of the molecule is CC1CCCCCN1CCC1CCNC1. The van der Waals surface area contributed by atoms with Gasteiger partial charge in [0, 0.05) is 6.04 Å². The van der Waals surface area contributed by atoms with E-state index in [9.17, 15) is 0 Å². The molecule has 0 radical (unpaired) electrons. The summed E-state index contributed by atoms with van der Waals surface area (Å²) < 4.78 is 0. The molecule has 2 nitrogen and oxygen atoms in total. The van der Waals surface area contributed by atoms with Gasteiger partial charge in [0.15, 0.2) is 0 Å². The highest BCUT2D eigenvalue weighted by Gasteiger charge is 2.19. The van der Waals surface area contributed by atoms with Crippen LogP contribution in [0.4, 0.5) is 0 Å². The minimum atomic E-state index is 0.835. The first-order valence-corrected chi connectivity index (χ1v) is 6.81. The van der Waals surface area contributed by atoms with E-state index in [0.29, 0.717) is 0 Å². The van der Waals surface area contributed by atoms with Gasteiger partial charge in [-0.3, -0.25) is 0 Å². The Morgan fingerprint density at radius 2 is 2.13 bits per heavy atom. The molecular weight excluding hydrogens is 184 g/mol. The molecule has 2 saturated heterocycles. The molecule has 2 unspecified atom stereocenters. The molecule has 2 aliphatic rings. The number of rotatable bonds is 3. The van der Waals surface area contributed by atoms with Gasteiger partial charge in [0.25, 0.3) is 0 Å². The van der Waals surface area contributed by atoms with Gasteiger partial charge in [-0.1, -0.05) is 12.8 Å². The van der Waals surface area contributed by atoms with Crippen LogP contribution in [-0.2, 0) is 0 Å². The van der Waals surface area contributed by atoms with Crippen LogP contribution in [-0.4, -0.2) is 37.1 Å². The van der Waals surface area contributed by atoms with Crippen LogP contribution in [0.1, 0.15) is 45.4 Å². The molecule has 2 atom stereocenters. The summed E-state index contributed by atoms with van der Waals surface area (Å²) in [6.07, 6.45) is 8.56. The topological polar surface area (TPSA) is 15.3 Å². The lowest BCUT2D eigenvalue weighted by atomic mass is 10.0. The quantitative estimate of drug-likeness (QED) is 0.768. The van der Waals surface area contributed by atoms with Crippen molar-refractivity contribution in [2.45, 2.75) is 51.5 Å². The maximum Gasteiger partial charge on any atom is 0.00669 e. The van der Waals surface area contributed by atoms with Gasteiger partial charge in [-0.15, -0.1) is 0 Å². The molecule has 2 rings (SSSR count). The monoisotopic (exact) mass is 210 g/mol. The summed E-state index contributed by atoms with van der Waals surface area (Å²) in [6, 6.07) is 0.835. The molecule has 0 spiro atoms. The Labute approximate surface area is 94.4 Å². The average molecular weight is 210 g/mol. The highest BCUT2D eigenvalue weighted by atomic mass is 15.1. The van der Waals surface area contributed by atoms with E-state index in [1.165, 1.54) is 64.7 Å². The van der Waals surface area contributed by atoms with Gasteiger partial charge in [-0.2, -0.15) is 0 Å². The molecule has 0 bridgehead atoms. The average Bonchev–Trinajstić information content (AvgIpc) is 2.67. The standard InChI is InChI=1S/C13H26N2/c1-12-5-3-2-4-9-15(12)10-7-13-6-8-14-11-13/h12-14H,2-11H2,1H3. The van der Waals surface area contributed by atoms with E-state index < -0.39 is 0 Å². The highest BCUT2D eigenvalue weighted by Crippen LogP contribution is 2.19. The number of hydrogen-bond donors (Lipinski definition) is 1. The molecule has 2 heteroatoms. The smallest absolute Gasteiger partial charge is 0.00669 e. The summed E-state index contributed by atoms with van der Waals surface area (Å²) in [4.78, 5) is 2.73. The summed E-state index contributed by atoms with van der Waals surface area (Å²) in [7, 11) is 0. The highest BCUT2D eigenvalue weighted by molar-refractivity contribution is 4.76. The van der Waals surface area contributed by atoms with Crippen LogP contribution >= 0.6 is 0 Å². The van der Waals surface area contributed by atoms with Crippen LogP contribution in [0.2, 0.25) is 0 Å². The van der Waals surface area contributed by atoms with E-state index in [1.54, 1.807) is 0 Å². The van der Waals surface area contributed by atoms with Crippen LogP contribution in [0.15, 0.2) is 0 Å². The normalized spacial score (nSPS) is 34.2. The van der Waals surface area contributed by atoms with Crippen LogP contribution < -0.4 is 5.32 Å². The van der Waals surface area contributed by atoms with Crippen LogP contribution in [0.3, 0.4) is 0 Å². The molecule has 0 aromatic rings. The fourth-order valence-electron chi connectivity index (χ4n) is 2.98. The zero-order valence-corrected chi connectivity index (χ0v) is 10.2. The minimum Gasteiger partial charge on any atom is -0.316 e. The van der Waals surface area contributed by atoms with Gasteiger partial charge in [-0.25, -0.2) is 0 Å². The maximum absolute atomic E-state index is 3.47. The molecule has 88 valence electrons. The Balaban J connectivity index is 1.71. The van der Waals surface area contributed by atoms with Gasteiger partial charge in [0.1, 0.15) is 0 Å². The summed E-state index contributed by atoms with van der Waals surface area (Å²) in [5, 5.41) is 3.47. The molecule has 1 N–H and O–H groups in total. The van der Waals surface area contributed by atoms with Crippen molar-refractivity contribution < 1.29 is 0 Å². The maximum atomic E-state index is 3.47. The van der Waals surface area contributed by atoms with E-state index in [2.05, 4.69) is 17.1 Å². The van der Waals surface area contributed by atoms with E-state index in [0.717, 1.165) is 12.0 Å². The Kier molecular flexibility index (Phi) is 4.45. The fourth-order valence-corrected chi connectivity index (χ4v) is 2.98. The second kappa shape index (κ2) is 5.86. The first kappa shape index (κ1) is 11.4. The lowest BCUT2D eigenvalue weighted by Crippen LogP contribution is -2.34. The number of nitrogens with zero attached hydrogens (tertiary/aromatic N) is 1. The molecule has 0 aliphatic carbocycles. The third kappa shape index (κ3) is 3.46. The fraction of sp³-hybridized carbons (Fsp3) is 1.00. The van der Waals surface area contributed by atoms with Crippen molar-refractivity contribution in [1.29, 1.82) is 0 Å². The third-order valence-electron chi connectivity index (χ3n) is 4.18. The summed E-state index contributed by atoms with van der Waals surface area (Å²) in [5.74, 6) is 0.959. The second-order valence-corrected chi connectivity index (χ2v) is 5.38. The largest absolute Gasteiger partial charge is 0.316 e. The molecule has 0 aromatic heterocycles. The molecule has 2 fully saturated rings. The molecule has 0 amide bonds. The van der Waals surface area contributed by atoms with Gasteiger partial charge >= 0.3 is 0 Å². The van der Waals surface area contributed by atoms with Crippen molar-refractivity contribution in [3.05, 3.63) is 0 Å². The molecule has 2 aliphatic heterocycles. The molecule has 15 heavy (non-hydrogen) atoms. The first-order chi connectivity index (χ1) is 7.36. The van der Waals surface area contributed by atoms with Crippen LogP contribution in [0.5, 0.6) is 0 Å². The van der Waals surface area contributed by atoms with Gasteiger partial charge in [0.05, 0.1) is 0 Å². The zero-order chi connectivity index (χ0) is 10.5. The lowest BCUT2D eigenvalue weighted by molar-refractivity contribution is 0.200. The van der Waals surface area contributed by atoms with Crippen molar-refractivity contribution in [3.63, 3.8) is 0 Å². The van der Waals surface area contributed by atoms with Crippen molar-refractivity contribution in [3.8, 4) is 0 Å². The number of nitrogens with one attached hydrogen (secondary N) is 1. The van der Waals surface area contributed by atoms with Crippen molar-refractivity contribution in [2.24, 2.45) is 5.92 Å². The second-order valence-electron chi connectivity index (χ2n) is 5.38. The predicted molar refractivity (Wildman–Crippen MR) is 65.1 cm³/mol. The van der Waals surface area contributed by atoms with Crippen molar-refractivity contribution in [2.75, 3.05) is 26.2 Å². The van der Waals surface area contributed by atoms with Crippen molar-refractivity contribution >= 4 is 0 Å². The minimum absolute atomic E-state index is 0.835. The number of hydrogen-bond acceptors (Lipinski definition) is 2. The predicted octanol–water partition coefficient (Wildman–Crippen LogP) is 2.25. The molecule has 0 aromatic carbocycles. The Bertz CT molecular complexity index is 175. The lowest BCUT2D eigenvalue weighted by Gasteiger charge is -2.27. The molecular formula is C13H26N2. The Morgan fingerprint density at radius 1 is 1.20 bits per heavy atom.